The lowest BCUT2D eigenvalue weighted by Gasteiger charge is -2.32. The van der Waals surface area contributed by atoms with Crippen LogP contribution >= 0.6 is 22.9 Å². The highest BCUT2D eigenvalue weighted by Crippen LogP contribution is 2.21. The van der Waals surface area contributed by atoms with Crippen LogP contribution in [0.5, 0.6) is 5.75 Å². The Bertz CT molecular complexity index is 677. The molecule has 2 aromatic rings. The topological polar surface area (TPSA) is 41.6 Å². The van der Waals surface area contributed by atoms with Crippen molar-refractivity contribution in [2.75, 3.05) is 26.2 Å². The average Bonchev–Trinajstić information content (AvgIpc) is 3.05. The first kappa shape index (κ1) is 18.2. The zero-order valence-corrected chi connectivity index (χ0v) is 15.7. The fourth-order valence-corrected chi connectivity index (χ4v) is 4.08. The van der Waals surface area contributed by atoms with Crippen molar-refractivity contribution in [3.8, 4) is 5.75 Å². The molecule has 3 rings (SSSR count). The first-order valence-corrected chi connectivity index (χ1v) is 9.79. The fraction of sp³-hybridized carbons (Fsp3) is 0.421. The summed E-state index contributed by atoms with van der Waals surface area (Å²) in [6.45, 7) is 3.58. The van der Waals surface area contributed by atoms with E-state index in [0.29, 0.717) is 25.6 Å². The molecule has 1 saturated heterocycles. The van der Waals surface area contributed by atoms with Gasteiger partial charge in [-0.15, -0.1) is 11.3 Å². The summed E-state index contributed by atoms with van der Waals surface area (Å²) in [5.74, 6) is 1.44. The van der Waals surface area contributed by atoms with E-state index in [1.54, 1.807) is 0 Å². The molecule has 1 aliphatic rings. The molecule has 1 aromatic carbocycles. The molecule has 1 aliphatic heterocycles. The second kappa shape index (κ2) is 9.22. The Labute approximate surface area is 157 Å². The normalized spacial score (nSPS) is 18.0. The number of rotatable bonds is 7. The van der Waals surface area contributed by atoms with Crippen molar-refractivity contribution in [3.05, 3.63) is 51.7 Å². The summed E-state index contributed by atoms with van der Waals surface area (Å²) in [6.07, 6.45) is 2.26. The summed E-state index contributed by atoms with van der Waals surface area (Å²) in [7, 11) is 0. The van der Waals surface area contributed by atoms with E-state index in [4.69, 9.17) is 16.3 Å². The van der Waals surface area contributed by atoms with E-state index < -0.39 is 0 Å². The molecule has 1 aromatic heterocycles. The van der Waals surface area contributed by atoms with Crippen LogP contribution in [0.3, 0.4) is 0 Å². The highest BCUT2D eigenvalue weighted by Gasteiger charge is 2.22. The molecule has 1 N–H and O–H groups in total. The maximum atomic E-state index is 12.2. The lowest BCUT2D eigenvalue weighted by molar-refractivity contribution is -0.122. The van der Waals surface area contributed by atoms with Crippen molar-refractivity contribution in [2.45, 2.75) is 19.4 Å². The molecule has 25 heavy (non-hydrogen) atoms. The summed E-state index contributed by atoms with van der Waals surface area (Å²) in [6, 6.07) is 13.7. The number of thiophene rings is 1. The van der Waals surface area contributed by atoms with E-state index >= 15 is 0 Å². The first-order valence-electron chi connectivity index (χ1n) is 8.60. The second-order valence-corrected chi connectivity index (χ2v) is 8.15. The van der Waals surface area contributed by atoms with Gasteiger partial charge in [0.25, 0.3) is 0 Å². The average molecular weight is 379 g/mol. The molecule has 0 radical (unpaired) electrons. The number of nitrogens with zero attached hydrogens (tertiary/aromatic N) is 1. The van der Waals surface area contributed by atoms with E-state index in [9.17, 15) is 4.79 Å². The molecule has 1 unspecified atom stereocenters. The number of likely N-dealkylation sites (tertiary alicyclic amines) is 1. The molecule has 0 bridgehead atoms. The Balaban J connectivity index is 1.39. The van der Waals surface area contributed by atoms with Crippen LogP contribution in [-0.4, -0.2) is 37.0 Å². The quantitative estimate of drug-likeness (QED) is 0.796. The summed E-state index contributed by atoms with van der Waals surface area (Å²) >= 11 is 7.41. The van der Waals surface area contributed by atoms with Crippen LogP contribution in [-0.2, 0) is 11.3 Å². The number of ether oxygens (including phenoxy) is 1. The van der Waals surface area contributed by atoms with Crippen LogP contribution < -0.4 is 10.1 Å². The van der Waals surface area contributed by atoms with Crippen LogP contribution in [0.15, 0.2) is 42.5 Å². The second-order valence-electron chi connectivity index (χ2n) is 6.35. The van der Waals surface area contributed by atoms with Gasteiger partial charge in [-0.3, -0.25) is 9.69 Å². The molecular formula is C19H23ClN2O2S. The molecule has 2 heterocycles. The Hall–Kier alpha value is -1.56. The van der Waals surface area contributed by atoms with Gasteiger partial charge in [0.05, 0.1) is 24.0 Å². The van der Waals surface area contributed by atoms with E-state index in [1.165, 1.54) is 11.3 Å². The fourth-order valence-electron chi connectivity index (χ4n) is 3.05. The zero-order chi connectivity index (χ0) is 17.5. The Morgan fingerprint density at radius 2 is 2.12 bits per heavy atom. The summed E-state index contributed by atoms with van der Waals surface area (Å²) < 4.78 is 6.62. The van der Waals surface area contributed by atoms with Gasteiger partial charge in [0, 0.05) is 17.3 Å². The number of hydrogen-bond donors (Lipinski definition) is 1. The Kier molecular flexibility index (Phi) is 6.73. The molecule has 134 valence electrons. The third-order valence-corrected chi connectivity index (χ3v) is 5.52. The molecule has 1 atom stereocenters. The number of amides is 1. The number of halogens is 1. The molecule has 0 aliphatic carbocycles. The predicted octanol–water partition coefficient (Wildman–Crippen LogP) is 3.81. The van der Waals surface area contributed by atoms with Gasteiger partial charge in [-0.25, -0.2) is 0 Å². The molecular weight excluding hydrogens is 356 g/mol. The van der Waals surface area contributed by atoms with Crippen LogP contribution in [0.4, 0.5) is 0 Å². The summed E-state index contributed by atoms with van der Waals surface area (Å²) in [4.78, 5) is 15.5. The third-order valence-electron chi connectivity index (χ3n) is 4.29. The molecule has 1 fully saturated rings. The number of carbonyl (C=O) groups is 1. The van der Waals surface area contributed by atoms with Crippen LogP contribution in [0.1, 0.15) is 17.7 Å². The van der Waals surface area contributed by atoms with E-state index in [-0.39, 0.29) is 5.91 Å². The largest absolute Gasteiger partial charge is 0.493 e. The van der Waals surface area contributed by atoms with Crippen molar-refractivity contribution in [1.82, 2.24) is 10.2 Å². The van der Waals surface area contributed by atoms with Gasteiger partial charge in [0.2, 0.25) is 5.91 Å². The smallest absolute Gasteiger partial charge is 0.234 e. The van der Waals surface area contributed by atoms with Crippen molar-refractivity contribution < 1.29 is 9.53 Å². The minimum atomic E-state index is 0.0640. The Morgan fingerprint density at radius 1 is 1.28 bits per heavy atom. The molecule has 0 saturated carbocycles. The van der Waals surface area contributed by atoms with Gasteiger partial charge >= 0.3 is 0 Å². The number of para-hydroxylation sites is 1. The molecule has 1 amide bonds. The third kappa shape index (κ3) is 6.03. The predicted molar refractivity (Wildman–Crippen MR) is 102 cm³/mol. The first-order chi connectivity index (χ1) is 12.2. The summed E-state index contributed by atoms with van der Waals surface area (Å²) in [5, 5.41) is 2.97. The summed E-state index contributed by atoms with van der Waals surface area (Å²) in [5.41, 5.74) is 0. The molecule has 4 nitrogen and oxygen atoms in total. The van der Waals surface area contributed by atoms with Gasteiger partial charge in [0.1, 0.15) is 5.75 Å². The van der Waals surface area contributed by atoms with Gasteiger partial charge in [-0.1, -0.05) is 29.8 Å². The minimum Gasteiger partial charge on any atom is -0.493 e. The number of piperidine rings is 1. The van der Waals surface area contributed by atoms with Crippen LogP contribution in [0, 0.1) is 5.92 Å². The van der Waals surface area contributed by atoms with E-state index in [1.807, 2.05) is 42.5 Å². The highest BCUT2D eigenvalue weighted by molar-refractivity contribution is 7.16. The van der Waals surface area contributed by atoms with Crippen LogP contribution in [0.2, 0.25) is 4.34 Å². The molecule has 0 spiro atoms. The lowest BCUT2D eigenvalue weighted by Crippen LogP contribution is -2.43. The van der Waals surface area contributed by atoms with Crippen molar-refractivity contribution in [2.24, 2.45) is 5.92 Å². The number of carbonyl (C=O) groups excluding carboxylic acids is 1. The van der Waals surface area contributed by atoms with Gasteiger partial charge in [0.15, 0.2) is 0 Å². The molecule has 6 heteroatoms. The maximum Gasteiger partial charge on any atom is 0.234 e. The zero-order valence-electron chi connectivity index (χ0n) is 14.1. The standard InChI is InChI=1S/C19H23ClN2O2S/c20-18-9-8-17(25-18)11-21-19(23)13-22-10-4-5-15(12-22)14-24-16-6-2-1-3-7-16/h1-3,6-9,15H,4-5,10-14H2,(H,21,23). The van der Waals surface area contributed by atoms with Crippen LogP contribution in [0.25, 0.3) is 0 Å². The van der Waals surface area contributed by atoms with Gasteiger partial charge in [-0.05, 0) is 43.7 Å². The highest BCUT2D eigenvalue weighted by atomic mass is 35.5. The lowest BCUT2D eigenvalue weighted by atomic mass is 9.99. The van der Waals surface area contributed by atoms with Crippen molar-refractivity contribution >= 4 is 28.8 Å². The monoisotopic (exact) mass is 378 g/mol. The van der Waals surface area contributed by atoms with Gasteiger partial charge < -0.3 is 10.1 Å². The number of hydrogen-bond acceptors (Lipinski definition) is 4. The van der Waals surface area contributed by atoms with Gasteiger partial charge in [-0.2, -0.15) is 0 Å². The van der Waals surface area contributed by atoms with E-state index in [0.717, 1.165) is 40.9 Å². The Morgan fingerprint density at radius 3 is 2.88 bits per heavy atom. The van der Waals surface area contributed by atoms with Crippen molar-refractivity contribution in [3.63, 3.8) is 0 Å². The SMILES string of the molecule is O=C(CN1CCCC(COc2ccccc2)C1)NCc1ccc(Cl)s1. The number of benzene rings is 1. The maximum absolute atomic E-state index is 12.2. The van der Waals surface area contributed by atoms with Crippen molar-refractivity contribution in [1.29, 1.82) is 0 Å². The van der Waals surface area contributed by atoms with E-state index in [2.05, 4.69) is 10.2 Å². The number of nitrogens with one attached hydrogen (secondary N) is 1. The minimum absolute atomic E-state index is 0.0640.